The Labute approximate surface area is 120 Å². The number of hydrogen-bond acceptors (Lipinski definition) is 4. The molecule has 2 rings (SSSR count). The number of nitrogens with zero attached hydrogens (tertiary/aromatic N) is 2. The monoisotopic (exact) mass is 271 g/mol. The van der Waals surface area contributed by atoms with Crippen LogP contribution in [0.15, 0.2) is 36.4 Å². The second-order valence-electron chi connectivity index (χ2n) is 4.71. The van der Waals surface area contributed by atoms with Crippen LogP contribution in [0, 0.1) is 6.92 Å². The molecule has 0 saturated heterocycles. The van der Waals surface area contributed by atoms with Gasteiger partial charge in [0, 0.05) is 24.0 Å². The zero-order valence-corrected chi connectivity index (χ0v) is 12.3. The zero-order chi connectivity index (χ0) is 14.5. The van der Waals surface area contributed by atoms with Gasteiger partial charge >= 0.3 is 0 Å². The minimum absolute atomic E-state index is 0.654. The highest BCUT2D eigenvalue weighted by Gasteiger charge is 2.09. The maximum Gasteiger partial charge on any atom is 0.143 e. The molecule has 0 spiro atoms. The third-order valence-corrected chi connectivity index (χ3v) is 3.26. The molecule has 0 aliphatic carbocycles. The molecule has 20 heavy (non-hydrogen) atoms. The van der Waals surface area contributed by atoms with Crippen molar-refractivity contribution in [3.05, 3.63) is 47.8 Å². The van der Waals surface area contributed by atoms with Crippen LogP contribution >= 0.6 is 0 Å². The van der Waals surface area contributed by atoms with Crippen LogP contribution in [0.4, 0.5) is 11.4 Å². The number of methoxy groups -OCH3 is 1. The Bertz CT molecular complexity index is 584. The van der Waals surface area contributed by atoms with Crippen LogP contribution in [-0.2, 0) is 6.54 Å². The second kappa shape index (κ2) is 6.28. The number of hydrogen-bond donors (Lipinski definition) is 1. The van der Waals surface area contributed by atoms with Crippen molar-refractivity contribution in [2.24, 2.45) is 0 Å². The summed E-state index contributed by atoms with van der Waals surface area (Å²) < 4.78 is 5.28. The summed E-state index contributed by atoms with van der Waals surface area (Å²) in [7, 11) is 1.63. The van der Waals surface area contributed by atoms with Crippen molar-refractivity contribution >= 4 is 11.4 Å². The third kappa shape index (κ3) is 3.20. The number of benzene rings is 1. The number of nitrogens with two attached hydrogens (primary N) is 1. The zero-order valence-electron chi connectivity index (χ0n) is 12.3. The molecule has 2 N–H and O–H groups in total. The van der Waals surface area contributed by atoms with Crippen molar-refractivity contribution in [3.63, 3.8) is 0 Å². The standard InChI is InChI=1S/C16H21N3O/c1-4-19(11-13-7-5-6-12(2)18-13)14-8-9-15(17)16(10-14)20-3/h5-10H,4,11,17H2,1-3H3. The van der Waals surface area contributed by atoms with Crippen molar-refractivity contribution in [1.82, 2.24) is 4.98 Å². The second-order valence-corrected chi connectivity index (χ2v) is 4.71. The number of anilines is 2. The Morgan fingerprint density at radius 3 is 2.70 bits per heavy atom. The van der Waals surface area contributed by atoms with Crippen LogP contribution in [0.2, 0.25) is 0 Å². The van der Waals surface area contributed by atoms with Crippen LogP contribution in [-0.4, -0.2) is 18.6 Å². The van der Waals surface area contributed by atoms with Gasteiger partial charge in [-0.05, 0) is 38.1 Å². The minimum atomic E-state index is 0.654. The first-order chi connectivity index (χ1) is 9.63. The van der Waals surface area contributed by atoms with Gasteiger partial charge in [0.05, 0.1) is 25.0 Å². The number of rotatable bonds is 5. The van der Waals surface area contributed by atoms with Crippen LogP contribution in [0.1, 0.15) is 18.3 Å². The van der Waals surface area contributed by atoms with E-state index >= 15 is 0 Å². The lowest BCUT2D eigenvalue weighted by Crippen LogP contribution is -2.22. The summed E-state index contributed by atoms with van der Waals surface area (Å²) in [6.45, 7) is 5.79. The molecule has 0 bridgehead atoms. The lowest BCUT2D eigenvalue weighted by molar-refractivity contribution is 0.417. The summed E-state index contributed by atoms with van der Waals surface area (Å²) in [6.07, 6.45) is 0. The molecular weight excluding hydrogens is 250 g/mol. The predicted octanol–water partition coefficient (Wildman–Crippen LogP) is 3.01. The summed E-state index contributed by atoms with van der Waals surface area (Å²) in [5.74, 6) is 0.707. The van der Waals surface area contributed by atoms with E-state index in [4.69, 9.17) is 10.5 Å². The maximum absolute atomic E-state index is 5.86. The SMILES string of the molecule is CCN(Cc1cccc(C)n1)c1ccc(N)c(OC)c1. The number of ether oxygens (including phenoxy) is 1. The molecule has 0 amide bonds. The minimum Gasteiger partial charge on any atom is -0.495 e. The van der Waals surface area contributed by atoms with E-state index in [-0.39, 0.29) is 0 Å². The molecule has 4 heteroatoms. The van der Waals surface area contributed by atoms with E-state index in [1.165, 1.54) is 0 Å². The first-order valence-corrected chi connectivity index (χ1v) is 6.75. The average Bonchev–Trinajstić information content (AvgIpc) is 2.45. The summed E-state index contributed by atoms with van der Waals surface area (Å²) in [5, 5.41) is 0. The highest BCUT2D eigenvalue weighted by Crippen LogP contribution is 2.28. The first-order valence-electron chi connectivity index (χ1n) is 6.75. The van der Waals surface area contributed by atoms with E-state index in [1.54, 1.807) is 7.11 Å². The smallest absolute Gasteiger partial charge is 0.143 e. The Morgan fingerprint density at radius 1 is 1.25 bits per heavy atom. The van der Waals surface area contributed by atoms with Gasteiger partial charge in [-0.15, -0.1) is 0 Å². The summed E-state index contributed by atoms with van der Waals surface area (Å²) in [6, 6.07) is 11.9. The van der Waals surface area contributed by atoms with E-state index in [0.29, 0.717) is 11.4 Å². The van der Waals surface area contributed by atoms with Crippen LogP contribution < -0.4 is 15.4 Å². The van der Waals surface area contributed by atoms with E-state index in [0.717, 1.165) is 30.2 Å². The average molecular weight is 271 g/mol. The van der Waals surface area contributed by atoms with Gasteiger partial charge in [0.1, 0.15) is 5.75 Å². The molecule has 1 aromatic carbocycles. The normalized spacial score (nSPS) is 10.3. The molecule has 0 fully saturated rings. The van der Waals surface area contributed by atoms with Crippen molar-refractivity contribution < 1.29 is 4.74 Å². The molecular formula is C16H21N3O. The predicted molar refractivity (Wildman–Crippen MR) is 83.1 cm³/mol. The first kappa shape index (κ1) is 14.2. The molecule has 0 unspecified atom stereocenters. The number of aromatic nitrogens is 1. The highest BCUT2D eigenvalue weighted by molar-refractivity contribution is 5.62. The Morgan fingerprint density at radius 2 is 2.05 bits per heavy atom. The fraction of sp³-hybridized carbons (Fsp3) is 0.312. The molecule has 2 aromatic rings. The van der Waals surface area contributed by atoms with Gasteiger partial charge in [0.15, 0.2) is 0 Å². The van der Waals surface area contributed by atoms with Gasteiger partial charge in [-0.2, -0.15) is 0 Å². The quantitative estimate of drug-likeness (QED) is 0.849. The maximum atomic E-state index is 5.86. The van der Waals surface area contributed by atoms with E-state index < -0.39 is 0 Å². The molecule has 106 valence electrons. The fourth-order valence-electron chi connectivity index (χ4n) is 2.17. The molecule has 1 heterocycles. The number of nitrogen functional groups attached to an aromatic ring is 1. The topological polar surface area (TPSA) is 51.4 Å². The Kier molecular flexibility index (Phi) is 4.45. The van der Waals surface area contributed by atoms with E-state index in [1.807, 2.05) is 43.3 Å². The highest BCUT2D eigenvalue weighted by atomic mass is 16.5. The molecule has 4 nitrogen and oxygen atoms in total. The van der Waals surface area contributed by atoms with Crippen molar-refractivity contribution in [2.45, 2.75) is 20.4 Å². The largest absolute Gasteiger partial charge is 0.495 e. The van der Waals surface area contributed by atoms with Crippen LogP contribution in [0.3, 0.4) is 0 Å². The van der Waals surface area contributed by atoms with Gasteiger partial charge in [-0.25, -0.2) is 0 Å². The number of aryl methyl sites for hydroxylation is 1. The molecule has 0 saturated carbocycles. The van der Waals surface area contributed by atoms with Gasteiger partial charge in [0.2, 0.25) is 0 Å². The summed E-state index contributed by atoms with van der Waals surface area (Å²) in [4.78, 5) is 6.79. The lowest BCUT2D eigenvalue weighted by Gasteiger charge is -2.23. The summed E-state index contributed by atoms with van der Waals surface area (Å²) >= 11 is 0. The van der Waals surface area contributed by atoms with Crippen molar-refractivity contribution in [3.8, 4) is 5.75 Å². The van der Waals surface area contributed by atoms with E-state index in [2.05, 4.69) is 16.8 Å². The fourth-order valence-corrected chi connectivity index (χ4v) is 2.17. The molecule has 0 aliphatic heterocycles. The summed E-state index contributed by atoms with van der Waals surface area (Å²) in [5.41, 5.74) is 9.69. The Hall–Kier alpha value is -2.23. The number of pyridine rings is 1. The van der Waals surface area contributed by atoms with Crippen molar-refractivity contribution in [2.75, 3.05) is 24.3 Å². The van der Waals surface area contributed by atoms with Crippen LogP contribution in [0.5, 0.6) is 5.75 Å². The van der Waals surface area contributed by atoms with Gasteiger partial charge in [-0.1, -0.05) is 6.07 Å². The van der Waals surface area contributed by atoms with Crippen LogP contribution in [0.25, 0.3) is 0 Å². The van der Waals surface area contributed by atoms with Gasteiger partial charge < -0.3 is 15.4 Å². The molecule has 0 atom stereocenters. The lowest BCUT2D eigenvalue weighted by atomic mass is 10.2. The molecule has 0 aliphatic rings. The molecule has 0 radical (unpaired) electrons. The van der Waals surface area contributed by atoms with Crippen molar-refractivity contribution in [1.29, 1.82) is 0 Å². The third-order valence-electron chi connectivity index (χ3n) is 3.26. The van der Waals surface area contributed by atoms with Gasteiger partial charge in [-0.3, -0.25) is 4.98 Å². The Balaban J connectivity index is 2.24. The van der Waals surface area contributed by atoms with E-state index in [9.17, 15) is 0 Å². The van der Waals surface area contributed by atoms with Gasteiger partial charge in [0.25, 0.3) is 0 Å². The molecule has 1 aromatic heterocycles.